The summed E-state index contributed by atoms with van der Waals surface area (Å²) in [6.45, 7) is 9.39. The van der Waals surface area contributed by atoms with Gasteiger partial charge in [0.05, 0.1) is 47.9 Å². The summed E-state index contributed by atoms with van der Waals surface area (Å²) in [7, 11) is -1.82. The number of amides is 1. The molecule has 1 saturated heterocycles. The smallest absolute Gasteiger partial charge is 0.509 e. The van der Waals surface area contributed by atoms with Crippen LogP contribution in [0.2, 0.25) is 0 Å². The second kappa shape index (κ2) is 14.9. The summed E-state index contributed by atoms with van der Waals surface area (Å²) in [5.74, 6) is -0.0189. The molecular formula is C28H39N11O11P-. The number of hydrogen-bond acceptors (Lipinski definition) is 18. The highest BCUT2D eigenvalue weighted by atomic mass is 31.2. The Kier molecular flexibility index (Phi) is 11.0. The summed E-state index contributed by atoms with van der Waals surface area (Å²) in [6, 6.07) is 0. The molecule has 23 heteroatoms. The second-order valence-electron chi connectivity index (χ2n) is 13.3. The number of nitrogens with zero attached hydrogens (tertiary/aromatic N) is 10. The van der Waals surface area contributed by atoms with E-state index in [1.54, 1.807) is 34.9 Å². The minimum Gasteiger partial charge on any atom is -0.756 e. The van der Waals surface area contributed by atoms with Crippen molar-refractivity contribution in [1.29, 1.82) is 0 Å². The van der Waals surface area contributed by atoms with E-state index in [4.69, 9.17) is 32.7 Å². The molecule has 4 aromatic heterocycles. The first-order valence-electron chi connectivity index (χ1n) is 15.5. The number of phosphoric acid groups is 1. The van der Waals surface area contributed by atoms with Gasteiger partial charge in [0, 0.05) is 14.1 Å². The average Bonchev–Trinajstić information content (AvgIpc) is 3.80. The van der Waals surface area contributed by atoms with Crippen LogP contribution in [0.5, 0.6) is 0 Å². The second-order valence-corrected chi connectivity index (χ2v) is 14.6. The normalized spacial score (nSPS) is 20.6. The lowest BCUT2D eigenvalue weighted by molar-refractivity contribution is -0.242. The zero-order chi connectivity index (χ0) is 37.1. The molecule has 1 fully saturated rings. The Morgan fingerprint density at radius 1 is 0.941 bits per heavy atom. The van der Waals surface area contributed by atoms with Crippen LogP contribution in [0.4, 0.5) is 15.4 Å². The maximum atomic E-state index is 13.2. The predicted octanol–water partition coefficient (Wildman–Crippen LogP) is 1.94. The Morgan fingerprint density at radius 3 is 2.18 bits per heavy atom. The minimum absolute atomic E-state index is 0.0189. The van der Waals surface area contributed by atoms with E-state index in [2.05, 4.69) is 40.9 Å². The van der Waals surface area contributed by atoms with Crippen LogP contribution in [0, 0.1) is 0 Å². The van der Waals surface area contributed by atoms with Crippen molar-refractivity contribution in [2.24, 2.45) is 14.1 Å². The number of anilines is 1. The Hall–Kier alpha value is -4.60. The van der Waals surface area contributed by atoms with Crippen molar-refractivity contribution in [2.45, 2.75) is 90.5 Å². The lowest BCUT2D eigenvalue weighted by atomic mass is 10.1. The molecular weight excluding hydrogens is 697 g/mol. The fraction of sp³-hybridized carbons (Fsp3) is 0.607. The molecule has 0 aliphatic carbocycles. The fourth-order valence-electron chi connectivity index (χ4n) is 4.72. The van der Waals surface area contributed by atoms with Gasteiger partial charge >= 0.3 is 12.2 Å². The van der Waals surface area contributed by atoms with Gasteiger partial charge in [-0.15, -0.1) is 10.2 Å². The monoisotopic (exact) mass is 736 g/mol. The molecule has 0 spiro atoms. The van der Waals surface area contributed by atoms with Crippen LogP contribution in [-0.2, 0) is 64.6 Å². The van der Waals surface area contributed by atoms with E-state index in [0.29, 0.717) is 11.4 Å². The summed E-state index contributed by atoms with van der Waals surface area (Å²) in [6.07, 6.45) is -2.25. The zero-order valence-electron chi connectivity index (χ0n) is 29.2. The number of carbonyl (C=O) groups excluding carboxylic acids is 2. The third-order valence-corrected chi connectivity index (χ3v) is 8.27. The van der Waals surface area contributed by atoms with Gasteiger partial charge in [-0.2, -0.15) is 0 Å². The van der Waals surface area contributed by atoms with Gasteiger partial charge in [-0.3, -0.25) is 14.4 Å². The van der Waals surface area contributed by atoms with Gasteiger partial charge in [-0.05, 0) is 41.5 Å². The first-order valence-corrected chi connectivity index (χ1v) is 17.0. The van der Waals surface area contributed by atoms with E-state index >= 15 is 0 Å². The SMILES string of the molecule is Cn1nncc1COC(=O)Nc1ncnc2c1ncn2[C@@H]1O[C@H](COC(C)(C)C)C(OP(=O)([O-])OC(C)(C)C)[C@@H]1OC(=O)OCc1cnnn1C. The van der Waals surface area contributed by atoms with Crippen molar-refractivity contribution in [2.75, 3.05) is 11.9 Å². The van der Waals surface area contributed by atoms with Gasteiger partial charge in [0.1, 0.15) is 31.7 Å². The number of hydrogen-bond donors (Lipinski definition) is 1. The van der Waals surface area contributed by atoms with Crippen LogP contribution in [0.1, 0.15) is 59.2 Å². The van der Waals surface area contributed by atoms with Crippen molar-refractivity contribution in [3.05, 3.63) is 36.4 Å². The first kappa shape index (κ1) is 37.7. The van der Waals surface area contributed by atoms with Crippen LogP contribution < -0.4 is 10.2 Å². The molecule has 5 rings (SSSR count). The van der Waals surface area contributed by atoms with Crippen LogP contribution in [0.15, 0.2) is 25.0 Å². The van der Waals surface area contributed by atoms with Gasteiger partial charge < -0.3 is 37.6 Å². The van der Waals surface area contributed by atoms with Gasteiger partial charge in [0.15, 0.2) is 29.3 Å². The number of imidazole rings is 1. The molecule has 22 nitrogen and oxygen atoms in total. The van der Waals surface area contributed by atoms with Gasteiger partial charge in [0.25, 0.3) is 7.82 Å². The predicted molar refractivity (Wildman–Crippen MR) is 169 cm³/mol. The molecule has 1 N–H and O–H groups in total. The van der Waals surface area contributed by atoms with Gasteiger partial charge in [-0.1, -0.05) is 10.4 Å². The van der Waals surface area contributed by atoms with E-state index in [1.807, 2.05) is 0 Å². The number of ether oxygens (including phenoxy) is 5. The number of phosphoric ester groups is 1. The van der Waals surface area contributed by atoms with Crippen molar-refractivity contribution < 1.29 is 51.8 Å². The molecule has 4 aromatic rings. The lowest BCUT2D eigenvalue weighted by Gasteiger charge is -2.35. The largest absolute Gasteiger partial charge is 0.756 e. The molecule has 0 aromatic carbocycles. The Bertz CT molecular complexity index is 1880. The molecule has 0 radical (unpaired) electrons. The summed E-state index contributed by atoms with van der Waals surface area (Å²) in [5.41, 5.74) is -0.639. The van der Waals surface area contributed by atoms with E-state index in [0.717, 1.165) is 6.33 Å². The molecule has 51 heavy (non-hydrogen) atoms. The summed E-state index contributed by atoms with van der Waals surface area (Å²) < 4.78 is 56.8. The van der Waals surface area contributed by atoms with Crippen LogP contribution in [0.25, 0.3) is 11.2 Å². The summed E-state index contributed by atoms with van der Waals surface area (Å²) in [5, 5.41) is 17.6. The van der Waals surface area contributed by atoms with Crippen molar-refractivity contribution >= 4 is 37.1 Å². The molecule has 5 atom stereocenters. The molecule has 1 aliphatic rings. The topological polar surface area (TPSA) is 256 Å². The van der Waals surface area contributed by atoms with E-state index in [9.17, 15) is 19.0 Å². The number of aryl methyl sites for hydroxylation is 2. The van der Waals surface area contributed by atoms with Crippen molar-refractivity contribution in [3.63, 3.8) is 0 Å². The molecule has 0 saturated carbocycles. The number of nitrogens with one attached hydrogen (secondary N) is 1. The van der Waals surface area contributed by atoms with E-state index in [1.165, 1.54) is 53.4 Å². The molecule has 5 heterocycles. The Labute approximate surface area is 291 Å². The first-order chi connectivity index (χ1) is 23.9. The molecule has 2 unspecified atom stereocenters. The lowest BCUT2D eigenvalue weighted by Crippen LogP contribution is -2.41. The maximum Gasteiger partial charge on any atom is 0.509 e. The number of carbonyl (C=O) groups is 2. The highest BCUT2D eigenvalue weighted by Gasteiger charge is 2.52. The number of rotatable bonds is 12. The van der Waals surface area contributed by atoms with Crippen LogP contribution >= 0.6 is 7.82 Å². The molecule has 1 aliphatic heterocycles. The summed E-state index contributed by atoms with van der Waals surface area (Å²) in [4.78, 5) is 51.8. The minimum atomic E-state index is -5.07. The summed E-state index contributed by atoms with van der Waals surface area (Å²) >= 11 is 0. The highest BCUT2D eigenvalue weighted by molar-refractivity contribution is 7.45. The van der Waals surface area contributed by atoms with Crippen LogP contribution in [0.3, 0.4) is 0 Å². The standard InChI is InChI=1S/C28H40N11O11P/c1-27(2,3)46-13-18-20(49-51(42,43)50-28(4,5)6)21(48-26(41)45-12-17-10-33-36-38(17)8)24(47-18)39-15-31-19-22(29-14-30-23(19)39)34-25(40)44-11-16-9-32-35-37(16)7/h9-10,14-15,18,20-21,24H,11-13H2,1-8H3,(H,42,43)(H,29,30,34,40)/p-1/t18-,20?,21+,24-/m1/s1. The third kappa shape index (κ3) is 9.80. The third-order valence-electron chi connectivity index (χ3n) is 6.99. The maximum absolute atomic E-state index is 13.2. The highest BCUT2D eigenvalue weighted by Crippen LogP contribution is 2.49. The van der Waals surface area contributed by atoms with Crippen molar-refractivity contribution in [1.82, 2.24) is 49.5 Å². The van der Waals surface area contributed by atoms with E-state index < -0.39 is 55.8 Å². The van der Waals surface area contributed by atoms with E-state index in [-0.39, 0.29) is 36.8 Å². The Balaban J connectivity index is 1.46. The number of aromatic nitrogens is 10. The van der Waals surface area contributed by atoms with Gasteiger partial charge in [0.2, 0.25) is 0 Å². The van der Waals surface area contributed by atoms with Crippen LogP contribution in [-0.4, -0.2) is 97.9 Å². The molecule has 278 valence electrons. The van der Waals surface area contributed by atoms with Crippen molar-refractivity contribution in [3.8, 4) is 0 Å². The quantitative estimate of drug-likeness (QED) is 0.161. The number of fused-ring (bicyclic) bond motifs is 1. The average molecular weight is 737 g/mol. The molecule has 1 amide bonds. The Morgan fingerprint density at radius 2 is 1.59 bits per heavy atom. The zero-order valence-corrected chi connectivity index (χ0v) is 30.0. The van der Waals surface area contributed by atoms with Gasteiger partial charge in [-0.25, -0.2) is 33.9 Å². The fourth-order valence-corrected chi connectivity index (χ4v) is 5.99. The molecule has 0 bridgehead atoms.